The Bertz CT molecular complexity index is 1100. The first kappa shape index (κ1) is 21.6. The van der Waals surface area contributed by atoms with Gasteiger partial charge in [-0.15, -0.1) is 0 Å². The summed E-state index contributed by atoms with van der Waals surface area (Å²) in [5.74, 6) is -2.37. The highest BCUT2D eigenvalue weighted by molar-refractivity contribution is 6.54. The van der Waals surface area contributed by atoms with Crippen LogP contribution in [-0.2, 0) is 12.8 Å². The van der Waals surface area contributed by atoms with Crippen LogP contribution in [0.4, 0.5) is 5.69 Å². The number of aromatic carboxylic acids is 1. The topological polar surface area (TPSA) is 77.8 Å². The molecular weight excluding hydrogens is 472 g/mol. The van der Waals surface area contributed by atoms with E-state index >= 15 is 0 Å². The van der Waals surface area contributed by atoms with E-state index in [1.54, 1.807) is 6.07 Å². The highest BCUT2D eigenvalue weighted by Crippen LogP contribution is 2.45. The van der Waals surface area contributed by atoms with Crippen molar-refractivity contribution in [2.45, 2.75) is 32.1 Å². The Hall–Kier alpha value is -1.66. The number of hydrogen-bond acceptors (Lipinski definition) is 4. The van der Waals surface area contributed by atoms with Crippen LogP contribution < -0.4 is 4.90 Å². The maximum atomic E-state index is 13.5. The Kier molecular flexibility index (Phi) is 5.84. The third-order valence-electron chi connectivity index (χ3n) is 5.70. The van der Waals surface area contributed by atoms with E-state index in [1.165, 1.54) is 0 Å². The number of anilines is 1. The highest BCUT2D eigenvalue weighted by Gasteiger charge is 2.33. The quantitative estimate of drug-likeness (QED) is 0.313. The molecule has 0 amide bonds. The van der Waals surface area contributed by atoms with Gasteiger partial charge in [-0.1, -0.05) is 46.4 Å². The molecule has 0 saturated carbocycles. The molecule has 2 aromatic carbocycles. The zero-order valence-electron chi connectivity index (χ0n) is 15.7. The van der Waals surface area contributed by atoms with Crippen LogP contribution in [0.3, 0.4) is 0 Å². The number of benzene rings is 2. The number of hydrogen-bond donors (Lipinski definition) is 2. The minimum absolute atomic E-state index is 0.00800. The highest BCUT2D eigenvalue weighted by atomic mass is 35.5. The number of nitrogens with zero attached hydrogens (tertiary/aromatic N) is 1. The number of phenols is 1. The average molecular weight is 489 g/mol. The van der Waals surface area contributed by atoms with Crippen molar-refractivity contribution in [1.29, 1.82) is 0 Å². The summed E-state index contributed by atoms with van der Waals surface area (Å²) < 4.78 is 0. The van der Waals surface area contributed by atoms with Gasteiger partial charge in [-0.25, -0.2) is 4.79 Å². The Labute approximate surface area is 193 Å². The summed E-state index contributed by atoms with van der Waals surface area (Å²) >= 11 is 24.4. The molecule has 0 unspecified atom stereocenters. The third-order valence-corrected chi connectivity index (χ3v) is 7.50. The van der Waals surface area contributed by atoms with Gasteiger partial charge in [0.1, 0.15) is 5.75 Å². The molecule has 2 N–H and O–H groups in total. The molecule has 158 valence electrons. The summed E-state index contributed by atoms with van der Waals surface area (Å²) in [5, 5.41) is 19.5. The van der Waals surface area contributed by atoms with Gasteiger partial charge in [0.25, 0.3) is 0 Å². The van der Waals surface area contributed by atoms with Crippen molar-refractivity contribution in [3.05, 3.63) is 54.0 Å². The van der Waals surface area contributed by atoms with E-state index < -0.39 is 17.3 Å². The molecule has 2 aromatic rings. The van der Waals surface area contributed by atoms with Gasteiger partial charge in [0, 0.05) is 24.3 Å². The standard InChI is InChI=1S/C21H17Cl4NO4/c22-14-12(13(21(29)30)15(23)17(25)16(14)24)20(28)11-8-9-4-1-2-6-26-7-3-5-10(18(9)26)19(11)27/h8,27H,1-7H2,(H,29,30). The van der Waals surface area contributed by atoms with Crippen molar-refractivity contribution >= 4 is 63.8 Å². The Morgan fingerprint density at radius 3 is 2.17 bits per heavy atom. The molecule has 30 heavy (non-hydrogen) atoms. The van der Waals surface area contributed by atoms with Crippen LogP contribution in [0.2, 0.25) is 20.1 Å². The fraction of sp³-hybridized carbons (Fsp3) is 0.333. The van der Waals surface area contributed by atoms with E-state index in [0.29, 0.717) is 12.0 Å². The Morgan fingerprint density at radius 1 is 0.867 bits per heavy atom. The van der Waals surface area contributed by atoms with Gasteiger partial charge < -0.3 is 15.1 Å². The molecule has 0 aliphatic carbocycles. The first-order chi connectivity index (χ1) is 14.2. The van der Waals surface area contributed by atoms with Gasteiger partial charge in [0.15, 0.2) is 5.78 Å². The SMILES string of the molecule is O=C(O)c1c(Cl)c(Cl)c(Cl)c(Cl)c1C(=O)c1cc2c3c(c1O)CCCN3CCCC2. The zero-order valence-corrected chi connectivity index (χ0v) is 18.7. The molecule has 4 rings (SSSR count). The fourth-order valence-corrected chi connectivity index (χ4v) is 5.37. The number of aryl methyl sites for hydroxylation is 1. The summed E-state index contributed by atoms with van der Waals surface area (Å²) in [7, 11) is 0. The van der Waals surface area contributed by atoms with E-state index in [9.17, 15) is 19.8 Å². The molecule has 0 bridgehead atoms. The number of carboxylic acids is 1. The van der Waals surface area contributed by atoms with Gasteiger partial charge in [-0.2, -0.15) is 0 Å². The number of carbonyl (C=O) groups excluding carboxylic acids is 1. The van der Waals surface area contributed by atoms with Gasteiger partial charge in [-0.05, 0) is 43.7 Å². The lowest BCUT2D eigenvalue weighted by Crippen LogP contribution is -2.30. The first-order valence-corrected chi connectivity index (χ1v) is 11.0. The number of rotatable bonds is 3. The van der Waals surface area contributed by atoms with E-state index in [4.69, 9.17) is 46.4 Å². The lowest BCUT2D eigenvalue weighted by atomic mass is 9.89. The summed E-state index contributed by atoms with van der Waals surface area (Å²) in [5.41, 5.74) is 1.74. The molecule has 0 radical (unpaired) electrons. The Morgan fingerprint density at radius 2 is 1.50 bits per heavy atom. The van der Waals surface area contributed by atoms with Crippen LogP contribution >= 0.6 is 46.4 Å². The molecule has 2 heterocycles. The monoisotopic (exact) mass is 487 g/mol. The number of carboxylic acid groups (broad SMARTS) is 1. The van der Waals surface area contributed by atoms with Crippen LogP contribution in [0.25, 0.3) is 0 Å². The summed E-state index contributed by atoms with van der Waals surface area (Å²) in [6, 6.07) is 1.64. The molecule has 5 nitrogen and oxygen atoms in total. The molecule has 9 heteroatoms. The molecule has 0 atom stereocenters. The van der Waals surface area contributed by atoms with E-state index in [-0.39, 0.29) is 37.0 Å². The Balaban J connectivity index is 1.97. The zero-order chi connectivity index (χ0) is 21.7. The van der Waals surface area contributed by atoms with Gasteiger partial charge in [0.05, 0.1) is 36.8 Å². The van der Waals surface area contributed by atoms with Crippen LogP contribution in [0.15, 0.2) is 6.07 Å². The predicted octanol–water partition coefficient (Wildman–Crippen LogP) is 6.02. The maximum Gasteiger partial charge on any atom is 0.338 e. The van der Waals surface area contributed by atoms with Gasteiger partial charge >= 0.3 is 5.97 Å². The normalized spacial score (nSPS) is 15.5. The van der Waals surface area contributed by atoms with Crippen molar-refractivity contribution in [3.8, 4) is 5.75 Å². The average Bonchev–Trinajstić information content (AvgIpc) is 2.93. The summed E-state index contributed by atoms with van der Waals surface area (Å²) in [4.78, 5) is 27.6. The minimum Gasteiger partial charge on any atom is -0.507 e. The second-order valence-electron chi connectivity index (χ2n) is 7.45. The lowest BCUT2D eigenvalue weighted by molar-refractivity contribution is 0.0693. The molecule has 0 spiro atoms. The van der Waals surface area contributed by atoms with E-state index in [0.717, 1.165) is 50.0 Å². The molecule has 2 aliphatic rings. The number of ketones is 1. The number of halogens is 4. The third kappa shape index (κ3) is 3.32. The number of carbonyl (C=O) groups is 2. The smallest absolute Gasteiger partial charge is 0.338 e. The molecule has 0 fully saturated rings. The van der Waals surface area contributed by atoms with E-state index in [2.05, 4.69) is 4.90 Å². The minimum atomic E-state index is -1.47. The summed E-state index contributed by atoms with van der Waals surface area (Å²) in [6.45, 7) is 1.81. The van der Waals surface area contributed by atoms with Crippen LogP contribution in [0, 0.1) is 0 Å². The lowest BCUT2D eigenvalue weighted by Gasteiger charge is -2.33. The van der Waals surface area contributed by atoms with Crippen LogP contribution in [0.1, 0.15) is 56.7 Å². The first-order valence-electron chi connectivity index (χ1n) is 9.50. The second kappa shape index (κ2) is 8.12. The number of phenolic OH excluding ortho intramolecular Hbond substituents is 1. The van der Waals surface area contributed by atoms with Crippen molar-refractivity contribution in [2.24, 2.45) is 0 Å². The van der Waals surface area contributed by atoms with Crippen molar-refractivity contribution < 1.29 is 19.8 Å². The molecular formula is C21H17Cl4NO4. The fourth-order valence-electron chi connectivity index (χ4n) is 4.35. The van der Waals surface area contributed by atoms with Crippen LogP contribution in [-0.4, -0.2) is 35.1 Å². The van der Waals surface area contributed by atoms with Crippen molar-refractivity contribution in [3.63, 3.8) is 0 Å². The molecule has 0 aromatic heterocycles. The van der Waals surface area contributed by atoms with E-state index in [1.807, 2.05) is 0 Å². The van der Waals surface area contributed by atoms with Crippen molar-refractivity contribution in [2.75, 3.05) is 18.0 Å². The second-order valence-corrected chi connectivity index (χ2v) is 8.96. The molecule has 0 saturated heterocycles. The van der Waals surface area contributed by atoms with Crippen LogP contribution in [0.5, 0.6) is 5.75 Å². The maximum absolute atomic E-state index is 13.5. The predicted molar refractivity (Wildman–Crippen MR) is 118 cm³/mol. The largest absolute Gasteiger partial charge is 0.507 e. The summed E-state index contributed by atoms with van der Waals surface area (Å²) in [6.07, 6.45) is 4.24. The number of aromatic hydroxyl groups is 1. The van der Waals surface area contributed by atoms with Crippen molar-refractivity contribution in [1.82, 2.24) is 0 Å². The van der Waals surface area contributed by atoms with Gasteiger partial charge in [-0.3, -0.25) is 4.79 Å². The van der Waals surface area contributed by atoms with Gasteiger partial charge in [0.2, 0.25) is 0 Å². The molecule has 2 aliphatic heterocycles.